The average Bonchev–Trinajstić information content (AvgIpc) is 2.65. The van der Waals surface area contributed by atoms with Crippen LogP contribution in [0.15, 0.2) is 23.1 Å². The standard InChI is InChI=1S/C13H19NOS/c1-9-3-4-11(8-14)13(7-9)16-12-5-6-15-10(12)2/h3-4,7,10,12H,5-6,8,14H2,1-2H3. The van der Waals surface area contributed by atoms with Crippen LogP contribution in [0.4, 0.5) is 0 Å². The zero-order valence-electron chi connectivity index (χ0n) is 9.90. The number of hydrogen-bond acceptors (Lipinski definition) is 3. The van der Waals surface area contributed by atoms with E-state index in [1.807, 2.05) is 11.8 Å². The summed E-state index contributed by atoms with van der Waals surface area (Å²) in [5.41, 5.74) is 8.31. The Morgan fingerprint density at radius 2 is 2.31 bits per heavy atom. The normalized spacial score (nSPS) is 24.9. The van der Waals surface area contributed by atoms with Crippen LogP contribution < -0.4 is 5.73 Å². The zero-order chi connectivity index (χ0) is 11.5. The summed E-state index contributed by atoms with van der Waals surface area (Å²) >= 11 is 1.92. The van der Waals surface area contributed by atoms with Crippen LogP contribution >= 0.6 is 11.8 Å². The van der Waals surface area contributed by atoms with E-state index in [9.17, 15) is 0 Å². The summed E-state index contributed by atoms with van der Waals surface area (Å²) in [6, 6.07) is 6.50. The Balaban J connectivity index is 2.16. The maximum Gasteiger partial charge on any atom is 0.0669 e. The molecule has 0 spiro atoms. The second-order valence-corrected chi connectivity index (χ2v) is 5.62. The minimum Gasteiger partial charge on any atom is -0.377 e. The molecule has 0 radical (unpaired) electrons. The predicted molar refractivity (Wildman–Crippen MR) is 68.7 cm³/mol. The first-order valence-corrected chi connectivity index (χ1v) is 6.66. The van der Waals surface area contributed by atoms with Crippen molar-refractivity contribution in [3.05, 3.63) is 29.3 Å². The van der Waals surface area contributed by atoms with E-state index in [4.69, 9.17) is 10.5 Å². The molecule has 0 bridgehead atoms. The van der Waals surface area contributed by atoms with Gasteiger partial charge in [0.15, 0.2) is 0 Å². The summed E-state index contributed by atoms with van der Waals surface area (Å²) in [7, 11) is 0. The molecule has 3 heteroatoms. The molecule has 0 aromatic heterocycles. The van der Waals surface area contributed by atoms with E-state index < -0.39 is 0 Å². The lowest BCUT2D eigenvalue weighted by Crippen LogP contribution is -2.13. The highest BCUT2D eigenvalue weighted by Gasteiger charge is 2.25. The van der Waals surface area contributed by atoms with Crippen molar-refractivity contribution in [2.45, 2.75) is 43.1 Å². The van der Waals surface area contributed by atoms with Crippen LogP contribution in [0.3, 0.4) is 0 Å². The number of benzene rings is 1. The molecule has 2 N–H and O–H groups in total. The van der Waals surface area contributed by atoms with Crippen LogP contribution in [0, 0.1) is 6.92 Å². The van der Waals surface area contributed by atoms with Crippen molar-refractivity contribution >= 4 is 11.8 Å². The minimum absolute atomic E-state index is 0.358. The third-order valence-corrected chi connectivity index (χ3v) is 4.58. The summed E-state index contributed by atoms with van der Waals surface area (Å²) in [5, 5.41) is 0.576. The topological polar surface area (TPSA) is 35.2 Å². The monoisotopic (exact) mass is 237 g/mol. The van der Waals surface area contributed by atoms with Gasteiger partial charge in [0.05, 0.1) is 6.10 Å². The Kier molecular flexibility index (Phi) is 3.90. The smallest absolute Gasteiger partial charge is 0.0669 e. The van der Waals surface area contributed by atoms with E-state index in [1.54, 1.807) is 0 Å². The van der Waals surface area contributed by atoms with Gasteiger partial charge in [-0.2, -0.15) is 0 Å². The number of thioether (sulfide) groups is 1. The van der Waals surface area contributed by atoms with E-state index in [2.05, 4.69) is 32.0 Å². The largest absolute Gasteiger partial charge is 0.377 e. The van der Waals surface area contributed by atoms with Gasteiger partial charge in [0, 0.05) is 23.3 Å². The summed E-state index contributed by atoms with van der Waals surface area (Å²) in [6.45, 7) is 5.79. The van der Waals surface area contributed by atoms with Crippen LogP contribution in [-0.2, 0) is 11.3 Å². The first-order valence-electron chi connectivity index (χ1n) is 5.78. The molecule has 2 rings (SSSR count). The molecule has 16 heavy (non-hydrogen) atoms. The third kappa shape index (κ3) is 2.59. The lowest BCUT2D eigenvalue weighted by atomic mass is 10.1. The van der Waals surface area contributed by atoms with Crippen molar-refractivity contribution in [1.29, 1.82) is 0 Å². The van der Waals surface area contributed by atoms with Crippen molar-refractivity contribution in [2.24, 2.45) is 5.73 Å². The SMILES string of the molecule is Cc1ccc(CN)c(SC2CCOC2C)c1. The Bertz CT molecular complexity index is 367. The Labute approximate surface area is 102 Å². The fourth-order valence-corrected chi connectivity index (χ4v) is 3.34. The van der Waals surface area contributed by atoms with Gasteiger partial charge in [-0.25, -0.2) is 0 Å². The van der Waals surface area contributed by atoms with E-state index in [-0.39, 0.29) is 0 Å². The molecular formula is C13H19NOS. The van der Waals surface area contributed by atoms with Gasteiger partial charge in [-0.1, -0.05) is 12.1 Å². The highest BCUT2D eigenvalue weighted by atomic mass is 32.2. The van der Waals surface area contributed by atoms with Crippen molar-refractivity contribution < 1.29 is 4.74 Å². The lowest BCUT2D eigenvalue weighted by Gasteiger charge is -2.16. The molecule has 1 saturated heterocycles. The zero-order valence-corrected chi connectivity index (χ0v) is 10.7. The minimum atomic E-state index is 0.358. The van der Waals surface area contributed by atoms with Crippen LogP contribution in [-0.4, -0.2) is 18.0 Å². The number of aryl methyl sites for hydroxylation is 1. The van der Waals surface area contributed by atoms with Gasteiger partial charge in [0.2, 0.25) is 0 Å². The van der Waals surface area contributed by atoms with E-state index in [1.165, 1.54) is 16.0 Å². The molecule has 2 nitrogen and oxygen atoms in total. The molecule has 0 aliphatic carbocycles. The maximum absolute atomic E-state index is 5.77. The van der Waals surface area contributed by atoms with Gasteiger partial charge in [0.25, 0.3) is 0 Å². The predicted octanol–water partition coefficient (Wildman–Crippen LogP) is 2.72. The number of ether oxygens (including phenoxy) is 1. The molecule has 2 atom stereocenters. The molecule has 1 fully saturated rings. The van der Waals surface area contributed by atoms with E-state index in [0.717, 1.165) is 13.0 Å². The quantitative estimate of drug-likeness (QED) is 0.878. The molecule has 1 aromatic rings. The first-order chi connectivity index (χ1) is 7.70. The van der Waals surface area contributed by atoms with E-state index >= 15 is 0 Å². The summed E-state index contributed by atoms with van der Waals surface area (Å²) in [4.78, 5) is 1.32. The molecule has 1 aromatic carbocycles. The van der Waals surface area contributed by atoms with Crippen LogP contribution in [0.2, 0.25) is 0 Å². The van der Waals surface area contributed by atoms with Gasteiger partial charge >= 0.3 is 0 Å². The van der Waals surface area contributed by atoms with Gasteiger partial charge in [-0.05, 0) is 37.5 Å². The van der Waals surface area contributed by atoms with Crippen molar-refractivity contribution in [1.82, 2.24) is 0 Å². The van der Waals surface area contributed by atoms with Crippen LogP contribution in [0.1, 0.15) is 24.5 Å². The third-order valence-electron chi connectivity index (χ3n) is 3.03. The fraction of sp³-hybridized carbons (Fsp3) is 0.538. The second kappa shape index (κ2) is 5.21. The Hall–Kier alpha value is -0.510. The van der Waals surface area contributed by atoms with Crippen LogP contribution in [0.25, 0.3) is 0 Å². The Morgan fingerprint density at radius 3 is 2.94 bits per heavy atom. The van der Waals surface area contributed by atoms with Crippen molar-refractivity contribution in [3.8, 4) is 0 Å². The van der Waals surface area contributed by atoms with Gasteiger partial charge in [0.1, 0.15) is 0 Å². The molecule has 0 saturated carbocycles. The molecule has 88 valence electrons. The van der Waals surface area contributed by atoms with Crippen molar-refractivity contribution in [2.75, 3.05) is 6.61 Å². The lowest BCUT2D eigenvalue weighted by molar-refractivity contribution is 0.127. The molecule has 1 heterocycles. The highest BCUT2D eigenvalue weighted by molar-refractivity contribution is 8.00. The fourth-order valence-electron chi connectivity index (χ4n) is 1.97. The molecule has 1 aliphatic heterocycles. The first kappa shape index (κ1) is 12.0. The molecule has 2 unspecified atom stereocenters. The van der Waals surface area contributed by atoms with E-state index in [0.29, 0.717) is 17.9 Å². The molecule has 0 amide bonds. The summed E-state index contributed by atoms with van der Waals surface area (Å²) < 4.78 is 5.59. The number of rotatable bonds is 3. The number of hydrogen-bond donors (Lipinski definition) is 1. The van der Waals surface area contributed by atoms with Gasteiger partial charge in [-0.3, -0.25) is 0 Å². The van der Waals surface area contributed by atoms with Gasteiger partial charge in [-0.15, -0.1) is 11.8 Å². The molecule has 1 aliphatic rings. The highest BCUT2D eigenvalue weighted by Crippen LogP contribution is 2.34. The number of nitrogens with two attached hydrogens (primary N) is 1. The van der Waals surface area contributed by atoms with Crippen molar-refractivity contribution in [3.63, 3.8) is 0 Å². The molecular weight excluding hydrogens is 218 g/mol. The average molecular weight is 237 g/mol. The Morgan fingerprint density at radius 1 is 1.50 bits per heavy atom. The summed E-state index contributed by atoms with van der Waals surface area (Å²) in [6.07, 6.45) is 1.50. The second-order valence-electron chi connectivity index (χ2n) is 4.34. The summed E-state index contributed by atoms with van der Waals surface area (Å²) in [5.74, 6) is 0. The van der Waals surface area contributed by atoms with Crippen LogP contribution in [0.5, 0.6) is 0 Å². The van der Waals surface area contributed by atoms with Gasteiger partial charge < -0.3 is 10.5 Å². The maximum atomic E-state index is 5.77.